The molecule has 0 saturated carbocycles. The van der Waals surface area contributed by atoms with E-state index in [0.717, 1.165) is 29.2 Å². The first-order valence-corrected chi connectivity index (χ1v) is 6.00. The highest BCUT2D eigenvalue weighted by atomic mass is 15.3. The lowest BCUT2D eigenvalue weighted by Crippen LogP contribution is -2.31. The van der Waals surface area contributed by atoms with Crippen molar-refractivity contribution in [3.05, 3.63) is 16.8 Å². The van der Waals surface area contributed by atoms with E-state index in [1.165, 1.54) is 0 Å². The number of nitrogens with zero attached hydrogens (tertiary/aromatic N) is 3. The minimum Gasteiger partial charge on any atom is -0.357 e. The number of aryl methyl sites for hydroxylation is 1. The first kappa shape index (κ1) is 13.9. The SMILES string of the molecule is Cc1nnc(N(C)CC(C)(C)C)c(CN)c1C. The van der Waals surface area contributed by atoms with Gasteiger partial charge in [0.2, 0.25) is 0 Å². The molecule has 0 amide bonds. The molecule has 1 aromatic rings. The van der Waals surface area contributed by atoms with Gasteiger partial charge in [-0.25, -0.2) is 0 Å². The number of hydrogen-bond acceptors (Lipinski definition) is 4. The van der Waals surface area contributed by atoms with Gasteiger partial charge in [0.15, 0.2) is 5.82 Å². The highest BCUT2D eigenvalue weighted by Gasteiger charge is 2.18. The number of hydrogen-bond donors (Lipinski definition) is 1. The number of aromatic nitrogens is 2. The summed E-state index contributed by atoms with van der Waals surface area (Å²) in [6, 6.07) is 0. The van der Waals surface area contributed by atoms with Gasteiger partial charge in [-0.1, -0.05) is 20.8 Å². The predicted molar refractivity (Wildman–Crippen MR) is 72.1 cm³/mol. The van der Waals surface area contributed by atoms with E-state index in [1.807, 2.05) is 14.0 Å². The fourth-order valence-corrected chi connectivity index (χ4v) is 1.98. The van der Waals surface area contributed by atoms with Crippen LogP contribution in [-0.2, 0) is 6.54 Å². The molecule has 0 atom stereocenters. The standard InChI is InChI=1S/C13H24N4/c1-9-10(2)15-16-12(11(9)7-14)17(6)8-13(3,4)5/h7-8,14H2,1-6H3. The van der Waals surface area contributed by atoms with Crippen molar-refractivity contribution in [2.45, 2.75) is 41.2 Å². The highest BCUT2D eigenvalue weighted by molar-refractivity contribution is 5.50. The summed E-state index contributed by atoms with van der Waals surface area (Å²) in [7, 11) is 2.04. The van der Waals surface area contributed by atoms with E-state index in [4.69, 9.17) is 5.73 Å². The summed E-state index contributed by atoms with van der Waals surface area (Å²) in [6.07, 6.45) is 0. The lowest BCUT2D eigenvalue weighted by molar-refractivity contribution is 0.417. The molecule has 0 fully saturated rings. The van der Waals surface area contributed by atoms with Crippen molar-refractivity contribution in [2.75, 3.05) is 18.5 Å². The van der Waals surface area contributed by atoms with E-state index < -0.39 is 0 Å². The Hall–Kier alpha value is -1.16. The van der Waals surface area contributed by atoms with Crippen molar-refractivity contribution in [1.29, 1.82) is 0 Å². The summed E-state index contributed by atoms with van der Waals surface area (Å²) in [4.78, 5) is 2.14. The van der Waals surface area contributed by atoms with Crippen molar-refractivity contribution in [3.8, 4) is 0 Å². The summed E-state index contributed by atoms with van der Waals surface area (Å²) >= 11 is 0. The lowest BCUT2D eigenvalue weighted by Gasteiger charge is -2.29. The third-order valence-electron chi connectivity index (χ3n) is 2.84. The summed E-state index contributed by atoms with van der Waals surface area (Å²) in [5, 5.41) is 8.48. The van der Waals surface area contributed by atoms with E-state index in [0.29, 0.717) is 6.54 Å². The summed E-state index contributed by atoms with van der Waals surface area (Å²) in [5.74, 6) is 0.908. The number of rotatable bonds is 3. The van der Waals surface area contributed by atoms with Crippen molar-refractivity contribution < 1.29 is 0 Å². The second-order valence-electron chi connectivity index (χ2n) is 5.83. The van der Waals surface area contributed by atoms with Crippen LogP contribution in [0.25, 0.3) is 0 Å². The smallest absolute Gasteiger partial charge is 0.155 e. The molecule has 0 unspecified atom stereocenters. The summed E-state index contributed by atoms with van der Waals surface area (Å²) in [6.45, 7) is 12.1. The molecule has 4 nitrogen and oxygen atoms in total. The molecule has 1 rings (SSSR count). The largest absolute Gasteiger partial charge is 0.357 e. The molecule has 0 saturated heterocycles. The zero-order valence-corrected chi connectivity index (χ0v) is 11.8. The molecule has 0 aliphatic carbocycles. The number of nitrogens with two attached hydrogens (primary N) is 1. The summed E-state index contributed by atoms with van der Waals surface area (Å²) < 4.78 is 0. The van der Waals surface area contributed by atoms with Gasteiger partial charge < -0.3 is 10.6 Å². The molecule has 0 bridgehead atoms. The molecule has 4 heteroatoms. The molecule has 17 heavy (non-hydrogen) atoms. The molecular formula is C13H24N4. The molecule has 0 spiro atoms. The van der Waals surface area contributed by atoms with Crippen LogP contribution < -0.4 is 10.6 Å². The average molecular weight is 236 g/mol. The Morgan fingerprint density at radius 2 is 1.76 bits per heavy atom. The van der Waals surface area contributed by atoms with Gasteiger partial charge in [-0.3, -0.25) is 0 Å². The van der Waals surface area contributed by atoms with E-state index in [9.17, 15) is 0 Å². The topological polar surface area (TPSA) is 55.0 Å². The van der Waals surface area contributed by atoms with Gasteiger partial charge in [-0.05, 0) is 24.8 Å². The third-order valence-corrected chi connectivity index (χ3v) is 2.84. The molecule has 0 aromatic carbocycles. The zero-order chi connectivity index (χ0) is 13.2. The third kappa shape index (κ3) is 3.40. The van der Waals surface area contributed by atoms with Crippen LogP contribution in [-0.4, -0.2) is 23.8 Å². The minimum absolute atomic E-state index is 0.223. The second kappa shape index (κ2) is 5.00. The molecule has 0 radical (unpaired) electrons. The normalized spacial score (nSPS) is 11.7. The van der Waals surface area contributed by atoms with E-state index in [2.05, 4.69) is 42.8 Å². The maximum atomic E-state index is 5.83. The Morgan fingerprint density at radius 1 is 1.18 bits per heavy atom. The van der Waals surface area contributed by atoms with Crippen molar-refractivity contribution in [1.82, 2.24) is 10.2 Å². The van der Waals surface area contributed by atoms with Crippen molar-refractivity contribution in [2.24, 2.45) is 11.1 Å². The fourth-order valence-electron chi connectivity index (χ4n) is 1.98. The van der Waals surface area contributed by atoms with E-state index in [1.54, 1.807) is 0 Å². The highest BCUT2D eigenvalue weighted by Crippen LogP contribution is 2.24. The average Bonchev–Trinajstić information content (AvgIpc) is 2.19. The van der Waals surface area contributed by atoms with Gasteiger partial charge in [0.25, 0.3) is 0 Å². The molecule has 96 valence electrons. The van der Waals surface area contributed by atoms with Crippen LogP contribution in [0.1, 0.15) is 37.6 Å². The molecule has 2 N–H and O–H groups in total. The second-order valence-corrected chi connectivity index (χ2v) is 5.83. The van der Waals surface area contributed by atoms with E-state index in [-0.39, 0.29) is 5.41 Å². The van der Waals surface area contributed by atoms with Crippen LogP contribution in [0.15, 0.2) is 0 Å². The van der Waals surface area contributed by atoms with Gasteiger partial charge in [0.1, 0.15) is 0 Å². The van der Waals surface area contributed by atoms with Crippen molar-refractivity contribution >= 4 is 5.82 Å². The molecular weight excluding hydrogens is 212 g/mol. The zero-order valence-electron chi connectivity index (χ0n) is 11.8. The number of anilines is 1. The predicted octanol–water partition coefficient (Wildman–Crippen LogP) is 2.03. The Kier molecular flexibility index (Phi) is 4.09. The quantitative estimate of drug-likeness (QED) is 0.872. The maximum absolute atomic E-state index is 5.83. The van der Waals surface area contributed by atoms with Crippen molar-refractivity contribution in [3.63, 3.8) is 0 Å². The van der Waals surface area contributed by atoms with Crippen LogP contribution in [0.5, 0.6) is 0 Å². The van der Waals surface area contributed by atoms with Crippen LogP contribution in [0.2, 0.25) is 0 Å². The van der Waals surface area contributed by atoms with Gasteiger partial charge in [-0.15, -0.1) is 5.10 Å². The molecule has 0 aliphatic rings. The van der Waals surface area contributed by atoms with Gasteiger partial charge in [0.05, 0.1) is 5.69 Å². The van der Waals surface area contributed by atoms with Crippen LogP contribution in [0.3, 0.4) is 0 Å². The van der Waals surface area contributed by atoms with Gasteiger partial charge in [0, 0.05) is 25.7 Å². The molecule has 1 aromatic heterocycles. The first-order valence-electron chi connectivity index (χ1n) is 6.00. The van der Waals surface area contributed by atoms with Crippen LogP contribution >= 0.6 is 0 Å². The Balaban J connectivity index is 3.10. The lowest BCUT2D eigenvalue weighted by atomic mass is 9.96. The molecule has 0 aliphatic heterocycles. The maximum Gasteiger partial charge on any atom is 0.155 e. The summed E-state index contributed by atoms with van der Waals surface area (Å²) in [5.41, 5.74) is 9.26. The van der Waals surface area contributed by atoms with Crippen LogP contribution in [0.4, 0.5) is 5.82 Å². The Bertz CT molecular complexity index is 393. The Morgan fingerprint density at radius 3 is 2.24 bits per heavy atom. The Labute approximate surface area is 104 Å². The fraction of sp³-hybridized carbons (Fsp3) is 0.692. The van der Waals surface area contributed by atoms with E-state index >= 15 is 0 Å². The minimum atomic E-state index is 0.223. The molecule has 1 heterocycles. The monoisotopic (exact) mass is 236 g/mol. The van der Waals surface area contributed by atoms with Gasteiger partial charge in [-0.2, -0.15) is 5.10 Å². The first-order chi connectivity index (χ1) is 7.76. The van der Waals surface area contributed by atoms with Gasteiger partial charge >= 0.3 is 0 Å². The van der Waals surface area contributed by atoms with Crippen LogP contribution in [0, 0.1) is 19.3 Å².